The third-order valence-electron chi connectivity index (χ3n) is 2.31. The number of benzene rings is 1. The van der Waals surface area contributed by atoms with Gasteiger partial charge in [-0.15, -0.1) is 0 Å². The Bertz CT molecular complexity index is 595. The van der Waals surface area contributed by atoms with Crippen molar-refractivity contribution in [2.24, 2.45) is 0 Å². The number of hydrogen-bond donors (Lipinski definition) is 1. The zero-order valence-corrected chi connectivity index (χ0v) is 9.08. The van der Waals surface area contributed by atoms with E-state index in [0.29, 0.717) is 0 Å². The van der Waals surface area contributed by atoms with Crippen LogP contribution in [0.5, 0.6) is 0 Å². The summed E-state index contributed by atoms with van der Waals surface area (Å²) in [5.74, 6) is -0.950. The van der Waals surface area contributed by atoms with Gasteiger partial charge in [0.15, 0.2) is 0 Å². The molecule has 1 aromatic heterocycles. The van der Waals surface area contributed by atoms with E-state index in [9.17, 15) is 4.79 Å². The lowest BCUT2D eigenvalue weighted by Gasteiger charge is -1.99. The van der Waals surface area contributed by atoms with E-state index in [-0.39, 0.29) is 0 Å². The fourth-order valence-corrected chi connectivity index (χ4v) is 1.56. The minimum Gasteiger partial charge on any atom is -0.478 e. The van der Waals surface area contributed by atoms with Crippen LogP contribution in [0.25, 0.3) is 17.0 Å². The first kappa shape index (κ1) is 11.1. The number of aromatic nitrogens is 1. The smallest absolute Gasteiger partial charge is 0.328 e. The van der Waals surface area contributed by atoms with Gasteiger partial charge in [-0.1, -0.05) is 36.4 Å². The fourth-order valence-electron chi connectivity index (χ4n) is 1.56. The number of carboxylic acids is 1. The predicted molar refractivity (Wildman–Crippen MR) is 67.6 cm³/mol. The van der Waals surface area contributed by atoms with Crippen LogP contribution in [-0.2, 0) is 4.79 Å². The third kappa shape index (κ3) is 2.78. The van der Waals surface area contributed by atoms with Gasteiger partial charge in [-0.3, -0.25) is 4.98 Å². The van der Waals surface area contributed by atoms with Crippen LogP contribution in [-0.4, -0.2) is 16.1 Å². The van der Waals surface area contributed by atoms with E-state index >= 15 is 0 Å². The molecule has 0 unspecified atom stereocenters. The van der Waals surface area contributed by atoms with E-state index in [1.54, 1.807) is 12.3 Å². The van der Waals surface area contributed by atoms with Crippen LogP contribution >= 0.6 is 0 Å². The molecule has 0 saturated heterocycles. The molecule has 0 fully saturated rings. The molecule has 3 heteroatoms. The van der Waals surface area contributed by atoms with Crippen LogP contribution in [0.3, 0.4) is 0 Å². The Morgan fingerprint density at radius 3 is 2.82 bits per heavy atom. The SMILES string of the molecule is O=C(O)C=CC=Cc1ccnc2ccccc12. The van der Waals surface area contributed by atoms with Crippen molar-refractivity contribution in [3.8, 4) is 0 Å². The van der Waals surface area contributed by atoms with E-state index in [0.717, 1.165) is 22.5 Å². The third-order valence-corrected chi connectivity index (χ3v) is 2.31. The summed E-state index contributed by atoms with van der Waals surface area (Å²) in [4.78, 5) is 14.5. The highest BCUT2D eigenvalue weighted by Gasteiger charge is 1.96. The quantitative estimate of drug-likeness (QED) is 0.645. The minimum atomic E-state index is -0.950. The van der Waals surface area contributed by atoms with Crippen molar-refractivity contribution in [3.05, 3.63) is 60.3 Å². The number of pyridine rings is 1. The lowest BCUT2D eigenvalue weighted by atomic mass is 10.1. The molecule has 1 aromatic carbocycles. The highest BCUT2D eigenvalue weighted by Crippen LogP contribution is 2.17. The molecule has 0 saturated carbocycles. The number of carbonyl (C=O) groups is 1. The molecule has 0 atom stereocenters. The average molecular weight is 225 g/mol. The lowest BCUT2D eigenvalue weighted by molar-refractivity contribution is -0.131. The number of rotatable bonds is 3. The number of para-hydroxylation sites is 1. The van der Waals surface area contributed by atoms with E-state index in [4.69, 9.17) is 5.11 Å². The number of allylic oxidation sites excluding steroid dienone is 2. The van der Waals surface area contributed by atoms with Gasteiger partial charge in [0, 0.05) is 17.7 Å². The molecule has 0 radical (unpaired) electrons. The van der Waals surface area contributed by atoms with Gasteiger partial charge in [-0.25, -0.2) is 4.79 Å². The molecule has 0 spiro atoms. The topological polar surface area (TPSA) is 50.2 Å². The summed E-state index contributed by atoms with van der Waals surface area (Å²) in [6.07, 6.45) is 7.90. The average Bonchev–Trinajstić information content (AvgIpc) is 2.34. The van der Waals surface area contributed by atoms with Crippen molar-refractivity contribution in [1.82, 2.24) is 4.98 Å². The van der Waals surface area contributed by atoms with Crippen LogP contribution in [0, 0.1) is 0 Å². The Morgan fingerprint density at radius 1 is 1.18 bits per heavy atom. The number of hydrogen-bond acceptors (Lipinski definition) is 2. The molecule has 17 heavy (non-hydrogen) atoms. The normalized spacial score (nSPS) is 11.5. The van der Waals surface area contributed by atoms with Gasteiger partial charge >= 0.3 is 5.97 Å². The molecule has 3 nitrogen and oxygen atoms in total. The van der Waals surface area contributed by atoms with Gasteiger partial charge in [-0.05, 0) is 17.7 Å². The molecule has 0 aliphatic heterocycles. The summed E-state index contributed by atoms with van der Waals surface area (Å²) >= 11 is 0. The molecule has 1 heterocycles. The zero-order valence-electron chi connectivity index (χ0n) is 9.08. The summed E-state index contributed by atoms with van der Waals surface area (Å²) < 4.78 is 0. The highest BCUT2D eigenvalue weighted by atomic mass is 16.4. The summed E-state index contributed by atoms with van der Waals surface area (Å²) in [6, 6.07) is 9.72. The maximum atomic E-state index is 10.3. The number of aliphatic carboxylic acids is 1. The lowest BCUT2D eigenvalue weighted by Crippen LogP contribution is -1.84. The first-order valence-corrected chi connectivity index (χ1v) is 5.19. The molecular weight excluding hydrogens is 214 g/mol. The Balaban J connectivity index is 2.33. The van der Waals surface area contributed by atoms with Crippen LogP contribution in [0.2, 0.25) is 0 Å². The Hall–Kier alpha value is -2.42. The monoisotopic (exact) mass is 225 g/mol. The Kier molecular flexibility index (Phi) is 3.31. The van der Waals surface area contributed by atoms with Crippen molar-refractivity contribution in [1.29, 1.82) is 0 Å². The molecule has 2 rings (SSSR count). The Morgan fingerprint density at radius 2 is 2.00 bits per heavy atom. The van der Waals surface area contributed by atoms with Crippen molar-refractivity contribution < 1.29 is 9.90 Å². The van der Waals surface area contributed by atoms with E-state index in [1.807, 2.05) is 36.4 Å². The number of nitrogens with zero attached hydrogens (tertiary/aromatic N) is 1. The predicted octanol–water partition coefficient (Wildman–Crippen LogP) is 2.89. The molecule has 0 aliphatic carbocycles. The summed E-state index contributed by atoms with van der Waals surface area (Å²) in [6.45, 7) is 0. The van der Waals surface area contributed by atoms with Gasteiger partial charge in [-0.2, -0.15) is 0 Å². The summed E-state index contributed by atoms with van der Waals surface area (Å²) in [7, 11) is 0. The van der Waals surface area contributed by atoms with Gasteiger partial charge in [0.25, 0.3) is 0 Å². The van der Waals surface area contributed by atoms with Crippen LogP contribution < -0.4 is 0 Å². The van der Waals surface area contributed by atoms with E-state index in [1.165, 1.54) is 6.08 Å². The molecular formula is C14H11NO2. The highest BCUT2D eigenvalue weighted by molar-refractivity contribution is 5.87. The summed E-state index contributed by atoms with van der Waals surface area (Å²) in [5, 5.41) is 9.50. The second-order valence-corrected chi connectivity index (χ2v) is 3.47. The maximum Gasteiger partial charge on any atom is 0.328 e. The minimum absolute atomic E-state index is 0.928. The van der Waals surface area contributed by atoms with Gasteiger partial charge in [0.1, 0.15) is 0 Å². The summed E-state index contributed by atoms with van der Waals surface area (Å²) in [5.41, 5.74) is 1.95. The fraction of sp³-hybridized carbons (Fsp3) is 0. The number of carboxylic acid groups (broad SMARTS) is 1. The zero-order chi connectivity index (χ0) is 12.1. The maximum absolute atomic E-state index is 10.3. The van der Waals surface area contributed by atoms with Crippen molar-refractivity contribution in [3.63, 3.8) is 0 Å². The van der Waals surface area contributed by atoms with E-state index in [2.05, 4.69) is 4.98 Å². The largest absolute Gasteiger partial charge is 0.478 e. The van der Waals surface area contributed by atoms with Crippen molar-refractivity contribution >= 4 is 22.9 Å². The molecule has 2 aromatic rings. The van der Waals surface area contributed by atoms with E-state index < -0.39 is 5.97 Å². The molecule has 0 amide bonds. The van der Waals surface area contributed by atoms with Crippen LogP contribution in [0.1, 0.15) is 5.56 Å². The van der Waals surface area contributed by atoms with Gasteiger partial charge in [0.05, 0.1) is 5.52 Å². The van der Waals surface area contributed by atoms with Gasteiger partial charge < -0.3 is 5.11 Å². The van der Waals surface area contributed by atoms with Gasteiger partial charge in [0.2, 0.25) is 0 Å². The molecule has 84 valence electrons. The first-order valence-electron chi connectivity index (χ1n) is 5.19. The molecule has 1 N–H and O–H groups in total. The van der Waals surface area contributed by atoms with Crippen molar-refractivity contribution in [2.75, 3.05) is 0 Å². The van der Waals surface area contributed by atoms with Crippen LogP contribution in [0.15, 0.2) is 54.8 Å². The van der Waals surface area contributed by atoms with Crippen LogP contribution in [0.4, 0.5) is 0 Å². The second-order valence-electron chi connectivity index (χ2n) is 3.47. The molecule has 0 aliphatic rings. The second kappa shape index (κ2) is 5.07. The standard InChI is InChI=1S/C14H11NO2/c16-14(17)8-4-1-5-11-9-10-15-13-7-3-2-6-12(11)13/h1-10H,(H,16,17). The number of fused-ring (bicyclic) bond motifs is 1. The first-order chi connectivity index (χ1) is 8.27. The van der Waals surface area contributed by atoms with Crippen molar-refractivity contribution in [2.45, 2.75) is 0 Å². The molecule has 0 bridgehead atoms. The Labute approximate surface area is 98.7 Å².